The van der Waals surface area contributed by atoms with Crippen LogP contribution in [-0.2, 0) is 9.53 Å². The first-order chi connectivity index (χ1) is 11.5. The van der Waals surface area contributed by atoms with Gasteiger partial charge < -0.3 is 4.74 Å². The number of hydrogen-bond acceptors (Lipinski definition) is 2. The Morgan fingerprint density at radius 2 is 1.54 bits per heavy atom. The van der Waals surface area contributed by atoms with Crippen LogP contribution in [0.25, 0.3) is 0 Å². The standard InChI is InChI=1S/C12H15ClO2.C7H8.C2H6/c1-9(7-10(2)15-8-14)11-3-5-12(13)6-4-11;1-7-5-3-2-4-6-7;1-2/h3-6,8-10H,7H2,1-2H3;2-6H,1H3;1-2H3/t9-,10-;;/m1../s1. The second-order valence-electron chi connectivity index (χ2n) is 5.39. The number of benzene rings is 2. The van der Waals surface area contributed by atoms with Crippen LogP contribution in [-0.4, -0.2) is 12.6 Å². The van der Waals surface area contributed by atoms with Gasteiger partial charge in [0, 0.05) is 5.02 Å². The molecule has 0 unspecified atom stereocenters. The topological polar surface area (TPSA) is 26.3 Å². The number of halogens is 1. The zero-order valence-electron chi connectivity index (χ0n) is 15.3. The molecule has 0 amide bonds. The quantitative estimate of drug-likeness (QED) is 0.583. The van der Waals surface area contributed by atoms with E-state index in [1.807, 2.05) is 63.2 Å². The van der Waals surface area contributed by atoms with E-state index in [4.69, 9.17) is 16.3 Å². The highest BCUT2D eigenvalue weighted by Crippen LogP contribution is 2.22. The Labute approximate surface area is 151 Å². The summed E-state index contributed by atoms with van der Waals surface area (Å²) in [5.74, 6) is 0.359. The fourth-order valence-corrected chi connectivity index (χ4v) is 2.24. The summed E-state index contributed by atoms with van der Waals surface area (Å²) in [6.45, 7) is 10.6. The molecule has 0 N–H and O–H groups in total. The van der Waals surface area contributed by atoms with Crippen molar-refractivity contribution < 1.29 is 9.53 Å². The van der Waals surface area contributed by atoms with Gasteiger partial charge in [0.15, 0.2) is 0 Å². The highest BCUT2D eigenvalue weighted by Gasteiger charge is 2.10. The lowest BCUT2D eigenvalue weighted by atomic mass is 9.95. The van der Waals surface area contributed by atoms with Crippen LogP contribution < -0.4 is 0 Å². The second-order valence-corrected chi connectivity index (χ2v) is 5.82. The summed E-state index contributed by atoms with van der Waals surface area (Å²) >= 11 is 5.80. The number of hydrogen-bond donors (Lipinski definition) is 0. The minimum absolute atomic E-state index is 0.0480. The van der Waals surface area contributed by atoms with Crippen molar-refractivity contribution in [3.8, 4) is 0 Å². The summed E-state index contributed by atoms with van der Waals surface area (Å²) in [4.78, 5) is 10.1. The summed E-state index contributed by atoms with van der Waals surface area (Å²) in [5.41, 5.74) is 2.53. The van der Waals surface area contributed by atoms with Gasteiger partial charge >= 0.3 is 0 Å². The van der Waals surface area contributed by atoms with Crippen molar-refractivity contribution in [1.82, 2.24) is 0 Å². The Kier molecular flexibility index (Phi) is 12.6. The zero-order valence-corrected chi connectivity index (χ0v) is 16.1. The number of rotatable bonds is 5. The zero-order chi connectivity index (χ0) is 18.4. The maximum atomic E-state index is 10.1. The Morgan fingerprint density at radius 3 is 1.96 bits per heavy atom. The normalized spacial score (nSPS) is 11.8. The minimum atomic E-state index is -0.0480. The van der Waals surface area contributed by atoms with Gasteiger partial charge in [0.25, 0.3) is 6.47 Å². The molecule has 0 aliphatic heterocycles. The van der Waals surface area contributed by atoms with Crippen molar-refractivity contribution in [1.29, 1.82) is 0 Å². The number of carbonyl (C=O) groups is 1. The van der Waals surface area contributed by atoms with E-state index < -0.39 is 0 Å². The highest BCUT2D eigenvalue weighted by atomic mass is 35.5. The Bertz CT molecular complexity index is 538. The van der Waals surface area contributed by atoms with Crippen molar-refractivity contribution in [2.24, 2.45) is 0 Å². The van der Waals surface area contributed by atoms with Gasteiger partial charge in [0.2, 0.25) is 0 Å². The van der Waals surface area contributed by atoms with E-state index >= 15 is 0 Å². The third-order valence-corrected chi connectivity index (χ3v) is 3.60. The van der Waals surface area contributed by atoms with Crippen LogP contribution in [0.4, 0.5) is 0 Å². The number of ether oxygens (including phenoxy) is 1. The second kappa shape index (κ2) is 13.6. The van der Waals surface area contributed by atoms with E-state index in [2.05, 4.69) is 26.0 Å². The Hall–Kier alpha value is -1.80. The molecule has 3 heteroatoms. The smallest absolute Gasteiger partial charge is 0.293 e. The predicted molar refractivity (Wildman–Crippen MR) is 104 cm³/mol. The van der Waals surface area contributed by atoms with Crippen molar-refractivity contribution in [3.05, 3.63) is 70.7 Å². The fourth-order valence-electron chi connectivity index (χ4n) is 2.11. The maximum absolute atomic E-state index is 10.1. The summed E-state index contributed by atoms with van der Waals surface area (Å²) in [5, 5.41) is 0.739. The lowest BCUT2D eigenvalue weighted by Gasteiger charge is -2.16. The van der Waals surface area contributed by atoms with Gasteiger partial charge in [0.1, 0.15) is 0 Å². The van der Waals surface area contributed by atoms with Gasteiger partial charge in [-0.1, -0.05) is 80.4 Å². The number of carbonyl (C=O) groups excluding carboxylic acids is 1. The SMILES string of the molecule is CC.C[C@H](C[C@@H](C)c1ccc(Cl)cc1)OC=O.Cc1ccccc1. The lowest BCUT2D eigenvalue weighted by Crippen LogP contribution is -2.10. The van der Waals surface area contributed by atoms with Gasteiger partial charge in [0.05, 0.1) is 6.10 Å². The number of aryl methyl sites for hydroxylation is 1. The highest BCUT2D eigenvalue weighted by molar-refractivity contribution is 6.30. The fraction of sp³-hybridized carbons (Fsp3) is 0.381. The molecular formula is C21H29ClO2. The van der Waals surface area contributed by atoms with Crippen LogP contribution in [0.2, 0.25) is 5.02 Å². The van der Waals surface area contributed by atoms with Crippen molar-refractivity contribution in [2.45, 2.75) is 53.1 Å². The first kappa shape index (κ1) is 22.2. The third-order valence-electron chi connectivity index (χ3n) is 3.35. The molecular weight excluding hydrogens is 320 g/mol. The molecule has 0 aromatic heterocycles. The molecule has 0 saturated carbocycles. The largest absolute Gasteiger partial charge is 0.465 e. The minimum Gasteiger partial charge on any atom is -0.465 e. The van der Waals surface area contributed by atoms with Gasteiger partial charge in [-0.2, -0.15) is 0 Å². The first-order valence-electron chi connectivity index (χ1n) is 8.39. The van der Waals surface area contributed by atoms with Crippen LogP contribution >= 0.6 is 11.6 Å². The van der Waals surface area contributed by atoms with Crippen LogP contribution in [0.5, 0.6) is 0 Å². The van der Waals surface area contributed by atoms with Gasteiger partial charge in [-0.15, -0.1) is 0 Å². The summed E-state index contributed by atoms with van der Waals surface area (Å²) in [6.07, 6.45) is 0.772. The average molecular weight is 349 g/mol. The molecule has 2 atom stereocenters. The maximum Gasteiger partial charge on any atom is 0.293 e. The molecule has 0 saturated heterocycles. The molecule has 0 aliphatic rings. The van der Waals surface area contributed by atoms with Crippen LogP contribution in [0.15, 0.2) is 54.6 Å². The van der Waals surface area contributed by atoms with Crippen molar-refractivity contribution >= 4 is 18.1 Å². The first-order valence-corrected chi connectivity index (χ1v) is 8.77. The van der Waals surface area contributed by atoms with Crippen molar-refractivity contribution in [3.63, 3.8) is 0 Å². The van der Waals surface area contributed by atoms with Crippen LogP contribution in [0.1, 0.15) is 51.2 Å². The van der Waals surface area contributed by atoms with E-state index in [1.54, 1.807) is 0 Å². The average Bonchev–Trinajstić information content (AvgIpc) is 2.58. The molecule has 2 nitrogen and oxygen atoms in total. The van der Waals surface area contributed by atoms with Gasteiger partial charge in [-0.05, 0) is 43.9 Å². The lowest BCUT2D eigenvalue weighted by molar-refractivity contribution is -0.133. The molecule has 0 fully saturated rings. The molecule has 0 aliphatic carbocycles. The molecule has 2 aromatic rings. The monoisotopic (exact) mass is 348 g/mol. The molecule has 2 rings (SSSR count). The molecule has 0 bridgehead atoms. The molecule has 132 valence electrons. The predicted octanol–water partition coefficient (Wildman–Crippen LogP) is 6.42. The van der Waals surface area contributed by atoms with E-state index in [9.17, 15) is 4.79 Å². The van der Waals surface area contributed by atoms with E-state index in [0.717, 1.165) is 11.4 Å². The van der Waals surface area contributed by atoms with Gasteiger partial charge in [-0.25, -0.2) is 0 Å². The summed E-state index contributed by atoms with van der Waals surface area (Å²) < 4.78 is 4.85. The van der Waals surface area contributed by atoms with Crippen LogP contribution in [0.3, 0.4) is 0 Å². The van der Waals surface area contributed by atoms with Crippen molar-refractivity contribution in [2.75, 3.05) is 0 Å². The van der Waals surface area contributed by atoms with E-state index in [0.29, 0.717) is 12.4 Å². The summed E-state index contributed by atoms with van der Waals surface area (Å²) in [7, 11) is 0. The summed E-state index contributed by atoms with van der Waals surface area (Å²) in [6, 6.07) is 18.0. The Balaban J connectivity index is 0.000000488. The molecule has 24 heavy (non-hydrogen) atoms. The Morgan fingerprint density at radius 1 is 1.00 bits per heavy atom. The van der Waals surface area contributed by atoms with E-state index in [1.165, 1.54) is 11.1 Å². The molecule has 0 radical (unpaired) electrons. The van der Waals surface area contributed by atoms with E-state index in [-0.39, 0.29) is 6.10 Å². The molecule has 0 heterocycles. The molecule has 0 spiro atoms. The van der Waals surface area contributed by atoms with Gasteiger partial charge in [-0.3, -0.25) is 4.79 Å². The molecule has 2 aromatic carbocycles. The van der Waals surface area contributed by atoms with Crippen LogP contribution in [0, 0.1) is 6.92 Å². The third kappa shape index (κ3) is 10.1.